The van der Waals surface area contributed by atoms with Gasteiger partial charge in [0, 0.05) is 32.2 Å². The number of nitrogens with one attached hydrogen (secondary N) is 1. The molecular formula is C19H22N4O. The van der Waals surface area contributed by atoms with E-state index in [2.05, 4.69) is 39.1 Å². The predicted octanol–water partition coefficient (Wildman–Crippen LogP) is 2.78. The zero-order valence-corrected chi connectivity index (χ0v) is 13.9. The molecule has 24 heavy (non-hydrogen) atoms. The minimum absolute atomic E-state index is 0.0821. The molecule has 0 aliphatic heterocycles. The van der Waals surface area contributed by atoms with Crippen LogP contribution in [0.25, 0.3) is 0 Å². The Balaban J connectivity index is 1.52. The van der Waals surface area contributed by atoms with E-state index in [-0.39, 0.29) is 5.91 Å². The molecule has 5 nitrogen and oxygen atoms in total. The summed E-state index contributed by atoms with van der Waals surface area (Å²) in [6.45, 7) is 1.33. The molecule has 0 saturated heterocycles. The summed E-state index contributed by atoms with van der Waals surface area (Å²) in [7, 11) is 1.86. The first-order valence-corrected chi connectivity index (χ1v) is 8.17. The van der Waals surface area contributed by atoms with Crippen molar-refractivity contribution in [2.75, 3.05) is 0 Å². The monoisotopic (exact) mass is 322 g/mol. The quantitative estimate of drug-likeness (QED) is 0.727. The van der Waals surface area contributed by atoms with Crippen LogP contribution in [0, 0.1) is 0 Å². The van der Waals surface area contributed by atoms with Gasteiger partial charge in [0.05, 0.1) is 6.54 Å². The highest BCUT2D eigenvalue weighted by atomic mass is 16.1. The summed E-state index contributed by atoms with van der Waals surface area (Å²) >= 11 is 0. The average Bonchev–Trinajstić information content (AvgIpc) is 3.22. The highest BCUT2D eigenvalue weighted by Crippen LogP contribution is 2.06. The van der Waals surface area contributed by atoms with Crippen LogP contribution in [-0.4, -0.2) is 20.0 Å². The van der Waals surface area contributed by atoms with E-state index in [1.54, 1.807) is 6.20 Å². The first-order chi connectivity index (χ1) is 11.7. The van der Waals surface area contributed by atoms with E-state index < -0.39 is 0 Å². The molecule has 0 fully saturated rings. The van der Waals surface area contributed by atoms with Gasteiger partial charge in [-0.15, -0.1) is 0 Å². The maximum absolute atomic E-state index is 12.2. The molecule has 2 heterocycles. The van der Waals surface area contributed by atoms with Crippen molar-refractivity contribution in [2.45, 2.75) is 25.9 Å². The van der Waals surface area contributed by atoms with E-state index in [9.17, 15) is 4.79 Å². The minimum atomic E-state index is -0.0821. The Morgan fingerprint density at radius 2 is 1.96 bits per heavy atom. The predicted molar refractivity (Wildman–Crippen MR) is 93.6 cm³/mol. The van der Waals surface area contributed by atoms with Crippen LogP contribution in [-0.2, 0) is 26.6 Å². The molecule has 1 amide bonds. The van der Waals surface area contributed by atoms with Gasteiger partial charge in [-0.25, -0.2) is 4.98 Å². The van der Waals surface area contributed by atoms with Crippen molar-refractivity contribution >= 4 is 5.91 Å². The van der Waals surface area contributed by atoms with Gasteiger partial charge in [-0.3, -0.25) is 4.79 Å². The Morgan fingerprint density at radius 1 is 1.12 bits per heavy atom. The SMILES string of the molecule is Cn1cccc1C(=O)NCc1nccn1CCCc1ccccc1. The largest absolute Gasteiger partial charge is 0.347 e. The molecule has 0 spiro atoms. The maximum Gasteiger partial charge on any atom is 0.268 e. The van der Waals surface area contributed by atoms with E-state index in [4.69, 9.17) is 0 Å². The van der Waals surface area contributed by atoms with Crippen LogP contribution in [0.3, 0.4) is 0 Å². The number of imidazole rings is 1. The number of nitrogens with zero attached hydrogens (tertiary/aromatic N) is 3. The highest BCUT2D eigenvalue weighted by Gasteiger charge is 2.10. The number of carbonyl (C=O) groups excluding carboxylic acids is 1. The average molecular weight is 322 g/mol. The lowest BCUT2D eigenvalue weighted by Crippen LogP contribution is -2.26. The van der Waals surface area contributed by atoms with E-state index in [0.717, 1.165) is 25.2 Å². The van der Waals surface area contributed by atoms with Gasteiger partial charge in [-0.05, 0) is 30.5 Å². The van der Waals surface area contributed by atoms with Crippen molar-refractivity contribution < 1.29 is 4.79 Å². The molecule has 3 rings (SSSR count). The summed E-state index contributed by atoms with van der Waals surface area (Å²) in [6, 6.07) is 14.1. The number of aromatic nitrogens is 3. The van der Waals surface area contributed by atoms with Gasteiger partial charge in [0.15, 0.2) is 0 Å². The Morgan fingerprint density at radius 3 is 2.71 bits per heavy atom. The van der Waals surface area contributed by atoms with Crippen molar-refractivity contribution in [1.29, 1.82) is 0 Å². The number of carbonyl (C=O) groups is 1. The fourth-order valence-corrected chi connectivity index (χ4v) is 2.76. The zero-order valence-electron chi connectivity index (χ0n) is 13.9. The van der Waals surface area contributed by atoms with Gasteiger partial charge >= 0.3 is 0 Å². The summed E-state index contributed by atoms with van der Waals surface area (Å²) in [5.74, 6) is 0.798. The van der Waals surface area contributed by atoms with Gasteiger partial charge in [-0.2, -0.15) is 0 Å². The van der Waals surface area contributed by atoms with Crippen molar-refractivity contribution in [1.82, 2.24) is 19.4 Å². The Labute approximate surface area is 142 Å². The second-order valence-corrected chi connectivity index (χ2v) is 5.81. The van der Waals surface area contributed by atoms with Crippen LogP contribution in [0.5, 0.6) is 0 Å². The molecule has 1 N–H and O–H groups in total. The van der Waals surface area contributed by atoms with E-state index in [1.165, 1.54) is 5.56 Å². The molecule has 1 aromatic carbocycles. The van der Waals surface area contributed by atoms with Crippen LogP contribution in [0.2, 0.25) is 0 Å². The molecule has 0 unspecified atom stereocenters. The summed E-state index contributed by atoms with van der Waals surface area (Å²) in [6.07, 6.45) is 7.69. The number of benzene rings is 1. The fourth-order valence-electron chi connectivity index (χ4n) is 2.76. The standard InChI is InChI=1S/C19H22N4O/c1-22-12-6-10-17(22)19(24)21-15-18-20-11-14-23(18)13-5-9-16-7-3-2-4-8-16/h2-4,6-8,10-12,14H,5,9,13,15H2,1H3,(H,21,24). The molecule has 0 aliphatic rings. The molecule has 2 aromatic heterocycles. The van der Waals surface area contributed by atoms with Crippen molar-refractivity contribution in [3.05, 3.63) is 78.1 Å². The van der Waals surface area contributed by atoms with Crippen LogP contribution >= 0.6 is 0 Å². The van der Waals surface area contributed by atoms with Crippen LogP contribution in [0.4, 0.5) is 0 Å². The van der Waals surface area contributed by atoms with Gasteiger partial charge in [-0.1, -0.05) is 30.3 Å². The molecule has 3 aromatic rings. The summed E-state index contributed by atoms with van der Waals surface area (Å²) in [5.41, 5.74) is 1.99. The molecule has 0 aliphatic carbocycles. The maximum atomic E-state index is 12.2. The molecule has 0 radical (unpaired) electrons. The van der Waals surface area contributed by atoms with E-state index >= 15 is 0 Å². The number of rotatable bonds is 7. The second kappa shape index (κ2) is 7.64. The fraction of sp³-hybridized carbons (Fsp3) is 0.263. The molecule has 0 saturated carbocycles. The zero-order chi connectivity index (χ0) is 16.8. The number of amides is 1. The third kappa shape index (κ3) is 3.93. The van der Waals surface area contributed by atoms with Crippen LogP contribution in [0.1, 0.15) is 28.3 Å². The minimum Gasteiger partial charge on any atom is -0.347 e. The molecule has 5 heteroatoms. The van der Waals surface area contributed by atoms with Crippen molar-refractivity contribution in [2.24, 2.45) is 7.05 Å². The first-order valence-electron chi connectivity index (χ1n) is 8.17. The van der Waals surface area contributed by atoms with Gasteiger partial charge in [0.25, 0.3) is 5.91 Å². The molecule has 124 valence electrons. The van der Waals surface area contributed by atoms with Crippen molar-refractivity contribution in [3.63, 3.8) is 0 Å². The normalized spacial score (nSPS) is 10.7. The lowest BCUT2D eigenvalue weighted by Gasteiger charge is -2.09. The van der Waals surface area contributed by atoms with Gasteiger partial charge < -0.3 is 14.5 Å². The third-order valence-electron chi connectivity index (χ3n) is 4.09. The molecular weight excluding hydrogens is 300 g/mol. The second-order valence-electron chi connectivity index (χ2n) is 5.81. The molecule has 0 atom stereocenters. The Hall–Kier alpha value is -2.82. The summed E-state index contributed by atoms with van der Waals surface area (Å²) in [4.78, 5) is 16.5. The Bertz CT molecular complexity index is 789. The Kier molecular flexibility index (Phi) is 5.11. The highest BCUT2D eigenvalue weighted by molar-refractivity contribution is 5.92. The van der Waals surface area contributed by atoms with Gasteiger partial charge in [0.2, 0.25) is 0 Å². The lowest BCUT2D eigenvalue weighted by molar-refractivity contribution is 0.0941. The number of hydrogen-bond donors (Lipinski definition) is 1. The smallest absolute Gasteiger partial charge is 0.268 e. The first kappa shape index (κ1) is 16.1. The number of aryl methyl sites for hydroxylation is 3. The summed E-state index contributed by atoms with van der Waals surface area (Å²) in [5, 5.41) is 2.93. The third-order valence-corrected chi connectivity index (χ3v) is 4.09. The van der Waals surface area contributed by atoms with E-state index in [1.807, 2.05) is 42.2 Å². The number of hydrogen-bond acceptors (Lipinski definition) is 2. The summed E-state index contributed by atoms with van der Waals surface area (Å²) < 4.78 is 3.91. The van der Waals surface area contributed by atoms with Crippen LogP contribution in [0.15, 0.2) is 61.1 Å². The topological polar surface area (TPSA) is 51.9 Å². The lowest BCUT2D eigenvalue weighted by atomic mass is 10.1. The molecule has 0 bridgehead atoms. The van der Waals surface area contributed by atoms with Crippen LogP contribution < -0.4 is 5.32 Å². The van der Waals surface area contributed by atoms with Crippen molar-refractivity contribution in [3.8, 4) is 0 Å². The van der Waals surface area contributed by atoms with Gasteiger partial charge in [0.1, 0.15) is 11.5 Å². The van der Waals surface area contributed by atoms with E-state index in [0.29, 0.717) is 12.2 Å².